The SMILES string of the molecule is CCOC(=O)C1CC2C(C(C)C)=CC1N(Cc1ccccc1)C2C.Cl. The van der Waals surface area contributed by atoms with Crippen molar-refractivity contribution >= 4 is 18.4 Å². The molecule has 1 fully saturated rings. The van der Waals surface area contributed by atoms with Crippen molar-refractivity contribution in [1.82, 2.24) is 4.90 Å². The first-order valence-electron chi connectivity index (χ1n) is 9.20. The molecule has 0 saturated carbocycles. The van der Waals surface area contributed by atoms with Gasteiger partial charge in [-0.3, -0.25) is 9.69 Å². The second-order valence-electron chi connectivity index (χ2n) is 7.41. The zero-order chi connectivity index (χ0) is 17.3. The van der Waals surface area contributed by atoms with Crippen LogP contribution < -0.4 is 0 Å². The first kappa shape index (κ1) is 20.0. The molecule has 1 aliphatic carbocycles. The van der Waals surface area contributed by atoms with Crippen molar-refractivity contribution in [3.8, 4) is 0 Å². The van der Waals surface area contributed by atoms with E-state index in [1.165, 1.54) is 11.1 Å². The van der Waals surface area contributed by atoms with Crippen LogP contribution in [0.3, 0.4) is 0 Å². The predicted molar refractivity (Wildman–Crippen MR) is 104 cm³/mol. The van der Waals surface area contributed by atoms with E-state index in [0.29, 0.717) is 24.5 Å². The summed E-state index contributed by atoms with van der Waals surface area (Å²) in [4.78, 5) is 15.0. The van der Waals surface area contributed by atoms with Crippen LogP contribution in [0.25, 0.3) is 0 Å². The summed E-state index contributed by atoms with van der Waals surface area (Å²) in [5.74, 6) is 0.934. The van der Waals surface area contributed by atoms with Crippen molar-refractivity contribution in [3.63, 3.8) is 0 Å². The summed E-state index contributed by atoms with van der Waals surface area (Å²) in [6, 6.07) is 11.2. The van der Waals surface area contributed by atoms with Gasteiger partial charge in [-0.25, -0.2) is 0 Å². The van der Waals surface area contributed by atoms with E-state index in [1.54, 1.807) is 0 Å². The fourth-order valence-electron chi connectivity index (χ4n) is 4.44. The number of hydrogen-bond donors (Lipinski definition) is 0. The van der Waals surface area contributed by atoms with Gasteiger partial charge < -0.3 is 4.74 Å². The highest BCUT2D eigenvalue weighted by atomic mass is 35.5. The van der Waals surface area contributed by atoms with Crippen LogP contribution in [0.2, 0.25) is 0 Å². The number of benzene rings is 1. The maximum Gasteiger partial charge on any atom is 0.310 e. The Bertz CT molecular complexity index is 614. The number of carbonyl (C=O) groups is 1. The number of fused-ring (bicyclic) bond motifs is 2. The number of nitrogens with zero attached hydrogens (tertiary/aromatic N) is 1. The first-order valence-corrected chi connectivity index (χ1v) is 9.20. The Balaban J connectivity index is 0.00000225. The lowest BCUT2D eigenvalue weighted by Crippen LogP contribution is -2.58. The summed E-state index contributed by atoms with van der Waals surface area (Å²) in [5.41, 5.74) is 2.83. The number of esters is 1. The Hall–Kier alpha value is -1.32. The molecule has 4 atom stereocenters. The van der Waals surface area contributed by atoms with Crippen LogP contribution in [0.4, 0.5) is 0 Å². The maximum absolute atomic E-state index is 12.5. The largest absolute Gasteiger partial charge is 0.466 e. The molecule has 1 aromatic carbocycles. The molecule has 4 rings (SSSR count). The van der Waals surface area contributed by atoms with E-state index in [1.807, 2.05) is 13.0 Å². The molecule has 2 aliphatic heterocycles. The fourth-order valence-corrected chi connectivity index (χ4v) is 4.44. The van der Waals surface area contributed by atoms with Crippen molar-refractivity contribution in [2.75, 3.05) is 6.61 Å². The highest BCUT2D eigenvalue weighted by molar-refractivity contribution is 5.85. The van der Waals surface area contributed by atoms with E-state index >= 15 is 0 Å². The molecule has 0 amide bonds. The fraction of sp³-hybridized carbons (Fsp3) is 0.571. The van der Waals surface area contributed by atoms with Crippen LogP contribution in [0.15, 0.2) is 42.0 Å². The number of carbonyl (C=O) groups excluding carboxylic acids is 1. The molecule has 25 heavy (non-hydrogen) atoms. The minimum Gasteiger partial charge on any atom is -0.466 e. The molecule has 1 aromatic rings. The molecule has 0 radical (unpaired) electrons. The lowest BCUT2D eigenvalue weighted by Gasteiger charge is -2.53. The van der Waals surface area contributed by atoms with Crippen molar-refractivity contribution in [1.29, 1.82) is 0 Å². The first-order chi connectivity index (χ1) is 11.5. The van der Waals surface area contributed by atoms with Crippen LogP contribution in [0, 0.1) is 17.8 Å². The third-order valence-electron chi connectivity index (χ3n) is 5.66. The minimum atomic E-state index is -0.0310. The van der Waals surface area contributed by atoms with Crippen molar-refractivity contribution in [2.45, 2.75) is 52.7 Å². The molecule has 4 heteroatoms. The average molecular weight is 364 g/mol. The van der Waals surface area contributed by atoms with Gasteiger partial charge in [-0.1, -0.05) is 55.8 Å². The van der Waals surface area contributed by atoms with Gasteiger partial charge in [0.05, 0.1) is 12.5 Å². The summed E-state index contributed by atoms with van der Waals surface area (Å²) < 4.78 is 5.37. The van der Waals surface area contributed by atoms with Gasteiger partial charge in [0.25, 0.3) is 0 Å². The minimum absolute atomic E-state index is 0. The van der Waals surface area contributed by atoms with Gasteiger partial charge in [-0.05, 0) is 37.7 Å². The van der Waals surface area contributed by atoms with Crippen LogP contribution in [0.1, 0.15) is 39.7 Å². The van der Waals surface area contributed by atoms with Crippen LogP contribution in [0.5, 0.6) is 0 Å². The van der Waals surface area contributed by atoms with E-state index in [0.717, 1.165) is 13.0 Å². The average Bonchev–Trinajstić information content (AvgIpc) is 2.58. The van der Waals surface area contributed by atoms with Gasteiger partial charge in [0.15, 0.2) is 0 Å². The summed E-state index contributed by atoms with van der Waals surface area (Å²) in [7, 11) is 0. The number of rotatable bonds is 5. The van der Waals surface area contributed by atoms with Gasteiger partial charge >= 0.3 is 5.97 Å². The Morgan fingerprint density at radius 3 is 2.56 bits per heavy atom. The topological polar surface area (TPSA) is 29.5 Å². The molecule has 2 bridgehead atoms. The zero-order valence-electron chi connectivity index (χ0n) is 15.6. The zero-order valence-corrected chi connectivity index (χ0v) is 16.5. The van der Waals surface area contributed by atoms with Gasteiger partial charge in [-0.15, -0.1) is 12.4 Å². The van der Waals surface area contributed by atoms with Gasteiger partial charge in [0, 0.05) is 18.6 Å². The van der Waals surface area contributed by atoms with E-state index in [9.17, 15) is 4.79 Å². The second-order valence-corrected chi connectivity index (χ2v) is 7.41. The Labute approximate surface area is 157 Å². The summed E-state index contributed by atoms with van der Waals surface area (Å²) >= 11 is 0. The monoisotopic (exact) mass is 363 g/mol. The molecule has 3 nitrogen and oxygen atoms in total. The van der Waals surface area contributed by atoms with Crippen LogP contribution >= 0.6 is 12.4 Å². The predicted octanol–water partition coefficient (Wildman–Crippen LogP) is 4.46. The molecular weight excluding hydrogens is 334 g/mol. The van der Waals surface area contributed by atoms with Gasteiger partial charge in [0.2, 0.25) is 0 Å². The van der Waals surface area contributed by atoms with Gasteiger partial charge in [-0.2, -0.15) is 0 Å². The molecule has 0 spiro atoms. The van der Waals surface area contributed by atoms with Gasteiger partial charge in [0.1, 0.15) is 0 Å². The lowest BCUT2D eigenvalue weighted by molar-refractivity contribution is -0.154. The van der Waals surface area contributed by atoms with Crippen LogP contribution in [-0.2, 0) is 16.1 Å². The second kappa shape index (κ2) is 8.37. The third-order valence-corrected chi connectivity index (χ3v) is 5.66. The highest BCUT2D eigenvalue weighted by Crippen LogP contribution is 2.45. The van der Waals surface area contributed by atoms with Crippen LogP contribution in [-0.4, -0.2) is 29.6 Å². The lowest BCUT2D eigenvalue weighted by atomic mass is 9.67. The summed E-state index contributed by atoms with van der Waals surface area (Å²) in [6.07, 6.45) is 3.29. The maximum atomic E-state index is 12.5. The molecule has 0 aromatic heterocycles. The number of ether oxygens (including phenoxy) is 1. The van der Waals surface area contributed by atoms with E-state index in [-0.39, 0.29) is 30.3 Å². The van der Waals surface area contributed by atoms with Crippen molar-refractivity contribution in [2.24, 2.45) is 17.8 Å². The number of halogens is 1. The van der Waals surface area contributed by atoms with E-state index in [2.05, 4.69) is 56.0 Å². The molecule has 2 heterocycles. The van der Waals surface area contributed by atoms with Crippen molar-refractivity contribution in [3.05, 3.63) is 47.5 Å². The molecule has 0 N–H and O–H groups in total. The summed E-state index contributed by atoms with van der Waals surface area (Å²) in [5, 5.41) is 0. The third kappa shape index (κ3) is 3.93. The number of hydrogen-bond acceptors (Lipinski definition) is 3. The smallest absolute Gasteiger partial charge is 0.310 e. The summed E-state index contributed by atoms with van der Waals surface area (Å²) in [6.45, 7) is 10.1. The molecular formula is C21H30ClNO2. The molecule has 1 saturated heterocycles. The molecule has 138 valence electrons. The van der Waals surface area contributed by atoms with Crippen molar-refractivity contribution < 1.29 is 9.53 Å². The molecule has 4 unspecified atom stereocenters. The Morgan fingerprint density at radius 1 is 1.28 bits per heavy atom. The normalized spacial score (nSPS) is 28.4. The Morgan fingerprint density at radius 2 is 1.96 bits per heavy atom. The standard InChI is InChI=1S/C21H29NO2.ClH/c1-5-24-21(23)19-11-18-15(4)22(13-16-9-7-6-8-10-16)20(19)12-17(18)14(2)3;/h6-10,12,14-15,18-20H,5,11,13H2,1-4H3;1H. The highest BCUT2D eigenvalue weighted by Gasteiger charge is 2.48. The number of piperidine rings is 1. The molecule has 3 aliphatic rings. The van der Waals surface area contributed by atoms with E-state index < -0.39 is 0 Å². The Kier molecular flexibility index (Phi) is 6.70. The van der Waals surface area contributed by atoms with E-state index in [4.69, 9.17) is 4.74 Å². The quantitative estimate of drug-likeness (QED) is 0.571.